The summed E-state index contributed by atoms with van der Waals surface area (Å²) in [6.07, 6.45) is 4.49. The summed E-state index contributed by atoms with van der Waals surface area (Å²) in [7, 11) is 0. The predicted octanol–water partition coefficient (Wildman–Crippen LogP) is 4.30. The van der Waals surface area contributed by atoms with Gasteiger partial charge in [-0.2, -0.15) is 0 Å². The van der Waals surface area contributed by atoms with Crippen LogP contribution in [0.5, 0.6) is 0 Å². The summed E-state index contributed by atoms with van der Waals surface area (Å²) in [4.78, 5) is 24.6. The zero-order chi connectivity index (χ0) is 19.2. The third kappa shape index (κ3) is 5.09. The molecular formula is C22H27N3O2. The van der Waals surface area contributed by atoms with E-state index in [2.05, 4.69) is 16.0 Å². The Hall–Kier alpha value is -2.82. The first-order valence-electron chi connectivity index (χ1n) is 9.54. The van der Waals surface area contributed by atoms with Gasteiger partial charge in [-0.1, -0.05) is 37.1 Å². The Morgan fingerprint density at radius 2 is 1.74 bits per heavy atom. The first-order chi connectivity index (χ1) is 13.0. The van der Waals surface area contributed by atoms with Crippen LogP contribution in [0.2, 0.25) is 0 Å². The van der Waals surface area contributed by atoms with E-state index < -0.39 is 0 Å². The number of amides is 3. The third-order valence-corrected chi connectivity index (χ3v) is 5.13. The maximum atomic E-state index is 12.4. The summed E-state index contributed by atoms with van der Waals surface area (Å²) in [5.41, 5.74) is 4.43. The number of rotatable bonds is 5. The number of carbonyl (C=O) groups excluding carboxylic acids is 2. The summed E-state index contributed by atoms with van der Waals surface area (Å²) >= 11 is 0. The molecule has 0 aliphatic heterocycles. The first-order valence-corrected chi connectivity index (χ1v) is 9.54. The fraction of sp³-hybridized carbons (Fsp3) is 0.364. The largest absolute Gasteiger partial charge is 0.349 e. The molecule has 1 fully saturated rings. The first kappa shape index (κ1) is 19.0. The fourth-order valence-corrected chi connectivity index (χ4v) is 3.43. The van der Waals surface area contributed by atoms with Gasteiger partial charge in [-0.05, 0) is 61.6 Å². The standard InChI is InChI=1S/C22H27N3O2/c1-15-7-3-4-8-18(15)14-23-22(27)25-20-12-11-17(13-16(20)2)21(26)24-19-9-5-6-10-19/h3-4,7-8,11-13,19H,5-6,9-10,14H2,1-2H3,(H,24,26)(H2,23,25,27). The molecule has 2 aromatic rings. The molecule has 3 N–H and O–H groups in total. The molecule has 0 bridgehead atoms. The molecule has 0 aromatic heterocycles. The zero-order valence-electron chi connectivity index (χ0n) is 16.0. The van der Waals surface area contributed by atoms with Crippen molar-refractivity contribution >= 4 is 17.6 Å². The minimum atomic E-state index is -0.260. The molecule has 142 valence electrons. The van der Waals surface area contributed by atoms with Gasteiger partial charge in [-0.15, -0.1) is 0 Å². The zero-order valence-corrected chi connectivity index (χ0v) is 16.0. The molecule has 3 rings (SSSR count). The Bertz CT molecular complexity index is 826. The number of urea groups is 1. The van der Waals surface area contributed by atoms with Crippen molar-refractivity contribution in [3.05, 3.63) is 64.7 Å². The van der Waals surface area contributed by atoms with Gasteiger partial charge in [0, 0.05) is 23.8 Å². The van der Waals surface area contributed by atoms with Crippen LogP contribution in [0, 0.1) is 13.8 Å². The molecule has 5 nitrogen and oxygen atoms in total. The minimum absolute atomic E-state index is 0.0412. The molecule has 0 heterocycles. The van der Waals surface area contributed by atoms with Crippen LogP contribution >= 0.6 is 0 Å². The van der Waals surface area contributed by atoms with Gasteiger partial charge in [0.2, 0.25) is 0 Å². The molecule has 1 saturated carbocycles. The fourth-order valence-electron chi connectivity index (χ4n) is 3.43. The summed E-state index contributed by atoms with van der Waals surface area (Å²) in [6.45, 7) is 4.39. The summed E-state index contributed by atoms with van der Waals surface area (Å²) in [5, 5.41) is 8.82. The molecule has 0 spiro atoms. The Balaban J connectivity index is 1.56. The molecule has 0 radical (unpaired) electrons. The van der Waals surface area contributed by atoms with E-state index in [4.69, 9.17) is 0 Å². The quantitative estimate of drug-likeness (QED) is 0.739. The van der Waals surface area contributed by atoms with E-state index in [1.54, 1.807) is 12.1 Å². The Labute approximate surface area is 160 Å². The Kier molecular flexibility index (Phi) is 6.12. The normalized spacial score (nSPS) is 14.0. The van der Waals surface area contributed by atoms with Crippen LogP contribution in [0.15, 0.2) is 42.5 Å². The number of carbonyl (C=O) groups is 2. The van der Waals surface area contributed by atoms with Gasteiger partial charge in [0.05, 0.1) is 0 Å². The van der Waals surface area contributed by atoms with E-state index in [0.717, 1.165) is 29.5 Å². The number of hydrogen-bond donors (Lipinski definition) is 3. The maximum Gasteiger partial charge on any atom is 0.319 e. The van der Waals surface area contributed by atoms with Crippen LogP contribution in [-0.2, 0) is 6.54 Å². The van der Waals surface area contributed by atoms with Gasteiger partial charge in [0.1, 0.15) is 0 Å². The molecule has 1 aliphatic rings. The molecule has 0 saturated heterocycles. The molecule has 0 atom stereocenters. The lowest BCUT2D eigenvalue weighted by Gasteiger charge is -2.14. The van der Waals surface area contributed by atoms with E-state index in [9.17, 15) is 9.59 Å². The van der Waals surface area contributed by atoms with Crippen molar-refractivity contribution in [1.82, 2.24) is 10.6 Å². The van der Waals surface area contributed by atoms with Crippen LogP contribution in [0.3, 0.4) is 0 Å². The van der Waals surface area contributed by atoms with Crippen molar-refractivity contribution in [2.75, 3.05) is 5.32 Å². The van der Waals surface area contributed by atoms with E-state index in [0.29, 0.717) is 23.8 Å². The van der Waals surface area contributed by atoms with Crippen LogP contribution in [0.4, 0.5) is 10.5 Å². The second-order valence-electron chi connectivity index (χ2n) is 7.22. The van der Waals surface area contributed by atoms with Crippen LogP contribution < -0.4 is 16.0 Å². The number of benzene rings is 2. The lowest BCUT2D eigenvalue weighted by Crippen LogP contribution is -2.32. The highest BCUT2D eigenvalue weighted by atomic mass is 16.2. The van der Waals surface area contributed by atoms with E-state index >= 15 is 0 Å². The van der Waals surface area contributed by atoms with Gasteiger partial charge in [0.25, 0.3) is 5.91 Å². The van der Waals surface area contributed by atoms with E-state index in [-0.39, 0.29) is 11.9 Å². The Morgan fingerprint density at radius 3 is 2.44 bits per heavy atom. The molecule has 5 heteroatoms. The molecule has 27 heavy (non-hydrogen) atoms. The monoisotopic (exact) mass is 365 g/mol. The molecule has 1 aliphatic carbocycles. The van der Waals surface area contributed by atoms with Crippen molar-refractivity contribution < 1.29 is 9.59 Å². The van der Waals surface area contributed by atoms with Gasteiger partial charge >= 0.3 is 6.03 Å². The van der Waals surface area contributed by atoms with Crippen molar-refractivity contribution in [2.45, 2.75) is 52.1 Å². The lowest BCUT2D eigenvalue weighted by atomic mass is 10.1. The topological polar surface area (TPSA) is 70.2 Å². The smallest absolute Gasteiger partial charge is 0.319 e. The van der Waals surface area contributed by atoms with Gasteiger partial charge in [0.15, 0.2) is 0 Å². The van der Waals surface area contributed by atoms with Crippen LogP contribution in [0.25, 0.3) is 0 Å². The average molecular weight is 365 g/mol. The minimum Gasteiger partial charge on any atom is -0.349 e. The highest BCUT2D eigenvalue weighted by Gasteiger charge is 2.18. The highest BCUT2D eigenvalue weighted by molar-refractivity contribution is 5.96. The van der Waals surface area contributed by atoms with Crippen molar-refractivity contribution in [2.24, 2.45) is 0 Å². The number of aryl methyl sites for hydroxylation is 2. The number of nitrogens with one attached hydrogen (secondary N) is 3. The summed E-state index contributed by atoms with van der Waals surface area (Å²) in [6, 6.07) is 13.4. The average Bonchev–Trinajstić information content (AvgIpc) is 3.15. The summed E-state index contributed by atoms with van der Waals surface area (Å²) < 4.78 is 0. The van der Waals surface area contributed by atoms with E-state index in [1.165, 1.54) is 12.8 Å². The molecule has 0 unspecified atom stereocenters. The Morgan fingerprint density at radius 1 is 1.00 bits per heavy atom. The van der Waals surface area contributed by atoms with E-state index in [1.807, 2.05) is 44.2 Å². The van der Waals surface area contributed by atoms with Gasteiger partial charge < -0.3 is 16.0 Å². The highest BCUT2D eigenvalue weighted by Crippen LogP contribution is 2.20. The van der Waals surface area contributed by atoms with Crippen molar-refractivity contribution in [3.8, 4) is 0 Å². The lowest BCUT2D eigenvalue weighted by molar-refractivity contribution is 0.0938. The summed E-state index contributed by atoms with van der Waals surface area (Å²) in [5.74, 6) is -0.0412. The number of hydrogen-bond acceptors (Lipinski definition) is 2. The van der Waals surface area contributed by atoms with Crippen molar-refractivity contribution in [3.63, 3.8) is 0 Å². The maximum absolute atomic E-state index is 12.4. The number of anilines is 1. The van der Waals surface area contributed by atoms with Gasteiger partial charge in [-0.3, -0.25) is 4.79 Å². The van der Waals surface area contributed by atoms with Crippen molar-refractivity contribution in [1.29, 1.82) is 0 Å². The second-order valence-corrected chi connectivity index (χ2v) is 7.22. The van der Waals surface area contributed by atoms with Crippen LogP contribution in [0.1, 0.15) is 52.7 Å². The van der Waals surface area contributed by atoms with Gasteiger partial charge in [-0.25, -0.2) is 4.79 Å². The second kappa shape index (κ2) is 8.71. The predicted molar refractivity (Wildman–Crippen MR) is 108 cm³/mol. The molecule has 2 aromatic carbocycles. The molecular weight excluding hydrogens is 338 g/mol. The molecule has 3 amide bonds. The SMILES string of the molecule is Cc1ccccc1CNC(=O)Nc1ccc(C(=O)NC2CCCC2)cc1C. The third-order valence-electron chi connectivity index (χ3n) is 5.13. The van der Waals surface area contributed by atoms with Crippen LogP contribution in [-0.4, -0.2) is 18.0 Å².